The average molecular weight is 515 g/mol. The zero-order chi connectivity index (χ0) is 26.6. The molecule has 0 aromatic heterocycles. The van der Waals surface area contributed by atoms with E-state index in [1.807, 2.05) is 0 Å². The van der Waals surface area contributed by atoms with Gasteiger partial charge in [0.05, 0.1) is 19.5 Å². The van der Waals surface area contributed by atoms with Crippen LogP contribution >= 0.6 is 0 Å². The molecule has 3 saturated carbocycles. The second kappa shape index (κ2) is 12.2. The maximum atomic E-state index is 12.2. The average Bonchev–Trinajstić information content (AvgIpc) is 3.21. The highest BCUT2D eigenvalue weighted by Crippen LogP contribution is 2.67. The third-order valence-electron chi connectivity index (χ3n) is 11.3. The Morgan fingerprint density at radius 3 is 2.62 bits per heavy atom. The lowest BCUT2D eigenvalue weighted by Gasteiger charge is -2.58. The number of rotatable bonds is 11. The van der Waals surface area contributed by atoms with Crippen molar-refractivity contribution in [2.45, 2.75) is 118 Å². The van der Waals surface area contributed by atoms with Gasteiger partial charge in [-0.2, -0.15) is 0 Å². The maximum absolute atomic E-state index is 12.2. The maximum Gasteiger partial charge on any atom is 0.508 e. The van der Waals surface area contributed by atoms with Crippen molar-refractivity contribution < 1.29 is 19.0 Å². The topological polar surface area (TPSA) is 44.8 Å². The van der Waals surface area contributed by atoms with Crippen LogP contribution in [0.25, 0.3) is 0 Å². The summed E-state index contributed by atoms with van der Waals surface area (Å²) in [6.45, 7) is 16.8. The Morgan fingerprint density at radius 2 is 1.86 bits per heavy atom. The Kier molecular flexibility index (Phi) is 9.39. The second-order valence-electron chi connectivity index (χ2n) is 13.8. The molecule has 0 amide bonds. The minimum absolute atomic E-state index is 0.0517. The third kappa shape index (κ3) is 6.09. The van der Waals surface area contributed by atoms with Crippen LogP contribution in [0.15, 0.2) is 24.5 Å². The Balaban J connectivity index is 1.34. The monoisotopic (exact) mass is 514 g/mol. The van der Waals surface area contributed by atoms with Crippen LogP contribution in [0.4, 0.5) is 4.79 Å². The van der Waals surface area contributed by atoms with Crippen molar-refractivity contribution in [2.75, 3.05) is 13.2 Å². The van der Waals surface area contributed by atoms with Gasteiger partial charge in [0.2, 0.25) is 0 Å². The minimum atomic E-state index is -0.533. The van der Waals surface area contributed by atoms with Crippen molar-refractivity contribution in [2.24, 2.45) is 46.3 Å². The molecule has 0 aliphatic heterocycles. The highest BCUT2D eigenvalue weighted by Gasteiger charge is 2.59. The Bertz CT molecular complexity index is 817. The van der Waals surface area contributed by atoms with Crippen LogP contribution in [-0.2, 0) is 14.2 Å². The van der Waals surface area contributed by atoms with Crippen LogP contribution in [0.5, 0.6) is 0 Å². The highest BCUT2D eigenvalue weighted by molar-refractivity contribution is 5.60. The molecule has 3 fully saturated rings. The summed E-state index contributed by atoms with van der Waals surface area (Å²) in [6.07, 6.45) is 18.1. The number of carbonyl (C=O) groups excluding carboxylic acids is 1. The standard InChI is InChI=1S/C33H54O4/c1-7-35-20-9-21-36-31(34)37-26-16-18-32(5)25(22-26)12-13-27-29-15-14-28(24(4)11-8-10-23(2)3)33(29,6)19-17-30(27)32/h7,12,23-24,26-30H,1,8-11,13-22H2,2-6H3/t24-,26?,27+,28-,29+,30+,32+,33-/m1/s1. The molecule has 0 heterocycles. The van der Waals surface area contributed by atoms with Crippen molar-refractivity contribution >= 4 is 6.16 Å². The smallest absolute Gasteiger partial charge is 0.502 e. The molecule has 4 rings (SSSR count). The Morgan fingerprint density at radius 1 is 1.05 bits per heavy atom. The molecule has 4 aliphatic carbocycles. The zero-order valence-electron chi connectivity index (χ0n) is 24.4. The molecule has 0 spiro atoms. The Labute approximate surface area is 227 Å². The summed E-state index contributed by atoms with van der Waals surface area (Å²) in [4.78, 5) is 12.2. The summed E-state index contributed by atoms with van der Waals surface area (Å²) in [6, 6.07) is 0. The Hall–Kier alpha value is -1.45. The lowest BCUT2D eigenvalue weighted by atomic mass is 9.47. The van der Waals surface area contributed by atoms with Crippen LogP contribution in [-0.4, -0.2) is 25.5 Å². The van der Waals surface area contributed by atoms with E-state index in [2.05, 4.69) is 47.3 Å². The molecule has 0 aromatic carbocycles. The van der Waals surface area contributed by atoms with Gasteiger partial charge >= 0.3 is 6.16 Å². The van der Waals surface area contributed by atoms with E-state index in [1.165, 1.54) is 57.6 Å². The fourth-order valence-electron chi connectivity index (χ4n) is 9.30. The molecule has 0 saturated heterocycles. The van der Waals surface area contributed by atoms with Gasteiger partial charge in [-0.25, -0.2) is 4.79 Å². The molecule has 37 heavy (non-hydrogen) atoms. The molecule has 1 unspecified atom stereocenters. The molecule has 4 aliphatic rings. The number of fused-ring (bicyclic) bond motifs is 5. The number of hydrogen-bond acceptors (Lipinski definition) is 4. The first-order valence-corrected chi connectivity index (χ1v) is 15.4. The van der Waals surface area contributed by atoms with Crippen LogP contribution in [0, 0.1) is 46.3 Å². The van der Waals surface area contributed by atoms with E-state index in [-0.39, 0.29) is 11.5 Å². The van der Waals surface area contributed by atoms with Crippen molar-refractivity contribution in [3.05, 3.63) is 24.5 Å². The van der Waals surface area contributed by atoms with Gasteiger partial charge in [0, 0.05) is 12.8 Å². The van der Waals surface area contributed by atoms with Crippen molar-refractivity contribution in [3.63, 3.8) is 0 Å². The molecule has 210 valence electrons. The summed E-state index contributed by atoms with van der Waals surface area (Å²) in [5, 5.41) is 0. The van der Waals surface area contributed by atoms with Gasteiger partial charge in [-0.05, 0) is 91.3 Å². The first-order chi connectivity index (χ1) is 17.7. The molecule has 0 radical (unpaired) electrons. The first-order valence-electron chi connectivity index (χ1n) is 15.4. The molecule has 8 atom stereocenters. The second-order valence-corrected chi connectivity index (χ2v) is 13.8. The van der Waals surface area contributed by atoms with Gasteiger partial charge in [-0.3, -0.25) is 0 Å². The first kappa shape index (κ1) is 28.6. The van der Waals surface area contributed by atoms with E-state index >= 15 is 0 Å². The van der Waals surface area contributed by atoms with Gasteiger partial charge in [0.15, 0.2) is 0 Å². The van der Waals surface area contributed by atoms with E-state index in [9.17, 15) is 4.79 Å². The summed E-state index contributed by atoms with van der Waals surface area (Å²) >= 11 is 0. The van der Waals surface area contributed by atoms with Crippen LogP contribution in [0.2, 0.25) is 0 Å². The summed E-state index contributed by atoms with van der Waals surface area (Å²) in [5.74, 6) is 5.10. The molecule has 4 heteroatoms. The highest BCUT2D eigenvalue weighted by atomic mass is 16.7. The summed E-state index contributed by atoms with van der Waals surface area (Å²) < 4.78 is 16.1. The van der Waals surface area contributed by atoms with E-state index in [4.69, 9.17) is 14.2 Å². The van der Waals surface area contributed by atoms with Gasteiger partial charge < -0.3 is 14.2 Å². The number of allylic oxidation sites excluding steroid dienone is 1. The summed E-state index contributed by atoms with van der Waals surface area (Å²) in [5.41, 5.74) is 2.36. The van der Waals surface area contributed by atoms with Crippen molar-refractivity contribution in [1.82, 2.24) is 0 Å². The van der Waals surface area contributed by atoms with Gasteiger partial charge in [0.25, 0.3) is 0 Å². The lowest BCUT2D eigenvalue weighted by molar-refractivity contribution is -0.0618. The fourth-order valence-corrected chi connectivity index (χ4v) is 9.30. The van der Waals surface area contributed by atoms with Crippen LogP contribution in [0.1, 0.15) is 112 Å². The predicted molar refractivity (Wildman–Crippen MR) is 150 cm³/mol. The molecule has 0 aromatic rings. The largest absolute Gasteiger partial charge is 0.508 e. The molecular weight excluding hydrogens is 460 g/mol. The molecule has 0 bridgehead atoms. The minimum Gasteiger partial charge on any atom is -0.502 e. The van der Waals surface area contributed by atoms with Gasteiger partial charge in [-0.1, -0.05) is 72.1 Å². The normalized spacial score (nSPS) is 37.6. The molecule has 0 N–H and O–H groups in total. The quantitative estimate of drug-likeness (QED) is 0.119. The number of carbonyl (C=O) groups is 1. The van der Waals surface area contributed by atoms with Gasteiger partial charge in [0.1, 0.15) is 6.10 Å². The van der Waals surface area contributed by atoms with Gasteiger partial charge in [-0.15, -0.1) is 0 Å². The van der Waals surface area contributed by atoms with E-state index in [0.717, 1.165) is 54.8 Å². The van der Waals surface area contributed by atoms with Crippen LogP contribution in [0.3, 0.4) is 0 Å². The van der Waals surface area contributed by atoms with Crippen molar-refractivity contribution in [1.29, 1.82) is 0 Å². The SMILES string of the molecule is C=COCCCOC(=O)OC1CC[C@@]2(C)C(=CC[C@H]3[C@@H]4CC[C@H]([C@H](C)CCCC(C)C)[C@@]4(C)CC[C@@H]32)C1. The van der Waals surface area contributed by atoms with E-state index in [0.29, 0.717) is 25.0 Å². The molecular formula is C33H54O4. The van der Waals surface area contributed by atoms with E-state index in [1.54, 1.807) is 5.57 Å². The zero-order valence-corrected chi connectivity index (χ0v) is 24.4. The number of hydrogen-bond donors (Lipinski definition) is 0. The predicted octanol–water partition coefficient (Wildman–Crippen LogP) is 9.10. The van der Waals surface area contributed by atoms with Crippen LogP contribution < -0.4 is 0 Å². The third-order valence-corrected chi connectivity index (χ3v) is 11.3. The summed E-state index contributed by atoms with van der Waals surface area (Å²) in [7, 11) is 0. The van der Waals surface area contributed by atoms with Crippen molar-refractivity contribution in [3.8, 4) is 0 Å². The number of ether oxygens (including phenoxy) is 3. The van der Waals surface area contributed by atoms with E-state index < -0.39 is 6.16 Å². The fraction of sp³-hybridized carbons (Fsp3) is 0.848. The molecule has 4 nitrogen and oxygen atoms in total. The lowest BCUT2D eigenvalue weighted by Crippen LogP contribution is -2.51.